The predicted molar refractivity (Wildman–Crippen MR) is 75.8 cm³/mol. The van der Waals surface area contributed by atoms with Gasteiger partial charge in [-0.15, -0.1) is 0 Å². The van der Waals surface area contributed by atoms with Crippen molar-refractivity contribution < 1.29 is 14.4 Å². The summed E-state index contributed by atoms with van der Waals surface area (Å²) in [5, 5.41) is 3.66. The summed E-state index contributed by atoms with van der Waals surface area (Å²) >= 11 is 0. The van der Waals surface area contributed by atoms with E-state index in [1.54, 1.807) is 0 Å². The van der Waals surface area contributed by atoms with Crippen LogP contribution in [0, 0.1) is 5.92 Å². The van der Waals surface area contributed by atoms with Crippen molar-refractivity contribution in [2.45, 2.75) is 56.9 Å². The number of hydrogen-bond acceptors (Lipinski definition) is 3. The Hall–Kier alpha value is -1.85. The molecule has 21 heavy (non-hydrogen) atoms. The van der Waals surface area contributed by atoms with Crippen molar-refractivity contribution in [2.24, 2.45) is 5.92 Å². The molecule has 1 spiro atoms. The van der Waals surface area contributed by atoms with E-state index in [1.165, 1.54) is 0 Å². The third-order valence-corrected chi connectivity index (χ3v) is 4.67. The molecule has 3 aliphatic rings. The van der Waals surface area contributed by atoms with Crippen molar-refractivity contribution in [3.05, 3.63) is 12.2 Å². The smallest absolute Gasteiger partial charge is 0.322 e. The van der Waals surface area contributed by atoms with Gasteiger partial charge in [-0.1, -0.05) is 31.4 Å². The molecule has 1 heterocycles. The lowest BCUT2D eigenvalue weighted by Gasteiger charge is -2.30. The fourth-order valence-corrected chi connectivity index (χ4v) is 3.49. The summed E-state index contributed by atoms with van der Waals surface area (Å²) in [6.45, 7) is 0. The Morgan fingerprint density at radius 1 is 1.33 bits per heavy atom. The highest BCUT2D eigenvalue weighted by molar-refractivity contribution is 6.08. The van der Waals surface area contributed by atoms with Gasteiger partial charge in [-0.05, 0) is 31.6 Å². The minimum Gasteiger partial charge on any atom is -0.322 e. The summed E-state index contributed by atoms with van der Waals surface area (Å²) in [6, 6.07) is -0.503. The zero-order valence-electron chi connectivity index (χ0n) is 12.1. The van der Waals surface area contributed by atoms with Crippen LogP contribution in [0.5, 0.6) is 0 Å². The Bertz CT molecular complexity index is 494. The van der Waals surface area contributed by atoms with Gasteiger partial charge in [-0.3, -0.25) is 15.0 Å². The molecule has 0 aromatic carbocycles. The molecule has 0 aromatic heterocycles. The summed E-state index contributed by atoms with van der Waals surface area (Å²) in [4.78, 5) is 36.5. The summed E-state index contributed by atoms with van der Waals surface area (Å²) in [6.07, 6.45) is 10.6. The van der Waals surface area contributed by atoms with Crippen LogP contribution in [0.1, 0.15) is 51.4 Å². The molecule has 1 atom stereocenters. The van der Waals surface area contributed by atoms with E-state index >= 15 is 0 Å². The summed E-state index contributed by atoms with van der Waals surface area (Å²) in [7, 11) is 0. The number of allylic oxidation sites excluding steroid dienone is 2. The van der Waals surface area contributed by atoms with E-state index in [9.17, 15) is 14.4 Å². The van der Waals surface area contributed by atoms with Crippen molar-refractivity contribution in [1.29, 1.82) is 0 Å². The van der Waals surface area contributed by atoms with Gasteiger partial charge in [0.1, 0.15) is 5.54 Å². The lowest BCUT2D eigenvalue weighted by molar-refractivity contribution is -0.140. The monoisotopic (exact) mass is 291 g/mol. The predicted octanol–water partition coefficient (Wildman–Crippen LogP) is 1.63. The Morgan fingerprint density at radius 3 is 2.76 bits per heavy atom. The molecule has 4 amide bonds. The average Bonchev–Trinajstić information content (AvgIpc) is 3.04. The minimum absolute atomic E-state index is 0.217. The molecule has 1 saturated carbocycles. The van der Waals surface area contributed by atoms with E-state index in [2.05, 4.69) is 16.8 Å². The van der Waals surface area contributed by atoms with Crippen LogP contribution in [0.2, 0.25) is 0 Å². The molecule has 1 saturated heterocycles. The minimum atomic E-state index is -0.782. The fraction of sp³-hybridized carbons (Fsp3) is 0.667. The van der Waals surface area contributed by atoms with Crippen molar-refractivity contribution in [2.75, 3.05) is 0 Å². The maximum absolute atomic E-state index is 12.5. The van der Waals surface area contributed by atoms with E-state index in [-0.39, 0.29) is 17.7 Å². The SMILES string of the molecule is O=C(CC1C=CCC1)NN1C(=O)NC2(CCCCC2)C1=O. The Labute approximate surface area is 123 Å². The second-order valence-corrected chi connectivity index (χ2v) is 6.22. The Kier molecular flexibility index (Phi) is 3.69. The topological polar surface area (TPSA) is 78.5 Å². The third-order valence-electron chi connectivity index (χ3n) is 4.67. The molecule has 3 rings (SSSR count). The Morgan fingerprint density at radius 2 is 2.10 bits per heavy atom. The molecule has 0 aromatic rings. The maximum atomic E-state index is 12.5. The molecule has 2 fully saturated rings. The van der Waals surface area contributed by atoms with Crippen LogP contribution in [0.15, 0.2) is 12.2 Å². The standard InChI is InChI=1S/C15H21N3O3/c19-12(10-11-6-2-3-7-11)17-18-13(20)15(16-14(18)21)8-4-1-5-9-15/h2,6,11H,1,3-5,7-10H2,(H,16,21)(H,17,19). The van der Waals surface area contributed by atoms with E-state index in [0.717, 1.165) is 37.1 Å². The largest absolute Gasteiger partial charge is 0.344 e. The van der Waals surface area contributed by atoms with E-state index < -0.39 is 11.6 Å². The molecule has 114 valence electrons. The summed E-state index contributed by atoms with van der Waals surface area (Å²) in [5.74, 6) is -0.361. The average molecular weight is 291 g/mol. The van der Waals surface area contributed by atoms with Crippen LogP contribution in [0.3, 0.4) is 0 Å². The molecule has 2 N–H and O–H groups in total. The van der Waals surface area contributed by atoms with Crippen LogP contribution in [0.25, 0.3) is 0 Å². The van der Waals surface area contributed by atoms with Gasteiger partial charge >= 0.3 is 6.03 Å². The summed E-state index contributed by atoms with van der Waals surface area (Å²) < 4.78 is 0. The molecule has 1 unspecified atom stereocenters. The molecular weight excluding hydrogens is 270 g/mol. The number of hydrogen-bond donors (Lipinski definition) is 2. The lowest BCUT2D eigenvalue weighted by atomic mass is 9.82. The van der Waals surface area contributed by atoms with Crippen molar-refractivity contribution in [3.8, 4) is 0 Å². The fourth-order valence-electron chi connectivity index (χ4n) is 3.49. The number of urea groups is 1. The van der Waals surface area contributed by atoms with Crippen molar-refractivity contribution in [3.63, 3.8) is 0 Å². The van der Waals surface area contributed by atoms with Crippen LogP contribution in [-0.4, -0.2) is 28.4 Å². The van der Waals surface area contributed by atoms with Crippen LogP contribution in [0.4, 0.5) is 4.79 Å². The number of amides is 4. The zero-order valence-corrected chi connectivity index (χ0v) is 12.1. The van der Waals surface area contributed by atoms with Crippen LogP contribution in [-0.2, 0) is 9.59 Å². The third kappa shape index (κ3) is 2.66. The van der Waals surface area contributed by atoms with E-state index in [1.807, 2.05) is 6.08 Å². The Balaban J connectivity index is 1.62. The number of rotatable bonds is 3. The van der Waals surface area contributed by atoms with E-state index in [0.29, 0.717) is 19.3 Å². The second kappa shape index (κ2) is 5.50. The van der Waals surface area contributed by atoms with Gasteiger partial charge in [-0.2, -0.15) is 5.01 Å². The molecular formula is C15H21N3O3. The molecule has 0 bridgehead atoms. The van der Waals surface area contributed by atoms with Gasteiger partial charge in [0.25, 0.3) is 5.91 Å². The van der Waals surface area contributed by atoms with Gasteiger partial charge in [0, 0.05) is 6.42 Å². The number of nitrogens with one attached hydrogen (secondary N) is 2. The summed E-state index contributed by atoms with van der Waals surface area (Å²) in [5.41, 5.74) is 1.69. The van der Waals surface area contributed by atoms with Crippen molar-refractivity contribution >= 4 is 17.8 Å². The van der Waals surface area contributed by atoms with Gasteiger partial charge in [-0.25, -0.2) is 4.79 Å². The van der Waals surface area contributed by atoms with Crippen LogP contribution >= 0.6 is 0 Å². The number of carbonyl (C=O) groups is 3. The molecule has 6 nitrogen and oxygen atoms in total. The number of imide groups is 1. The van der Waals surface area contributed by atoms with Gasteiger partial charge in [0.15, 0.2) is 0 Å². The van der Waals surface area contributed by atoms with E-state index in [4.69, 9.17) is 0 Å². The molecule has 1 aliphatic heterocycles. The highest BCUT2D eigenvalue weighted by atomic mass is 16.2. The normalized spacial score (nSPS) is 27.2. The lowest BCUT2D eigenvalue weighted by Crippen LogP contribution is -2.51. The molecule has 2 aliphatic carbocycles. The van der Waals surface area contributed by atoms with Gasteiger partial charge in [0.2, 0.25) is 5.91 Å². The first kappa shape index (κ1) is 14.1. The zero-order chi connectivity index (χ0) is 14.9. The number of hydrazine groups is 1. The first-order valence-corrected chi connectivity index (χ1v) is 7.74. The first-order chi connectivity index (χ1) is 10.1. The number of carbonyl (C=O) groups excluding carboxylic acids is 3. The van der Waals surface area contributed by atoms with Crippen molar-refractivity contribution in [1.82, 2.24) is 15.8 Å². The van der Waals surface area contributed by atoms with Gasteiger partial charge < -0.3 is 5.32 Å². The quantitative estimate of drug-likeness (QED) is 0.613. The maximum Gasteiger partial charge on any atom is 0.344 e. The second-order valence-electron chi connectivity index (χ2n) is 6.22. The first-order valence-electron chi connectivity index (χ1n) is 7.74. The molecule has 6 heteroatoms. The van der Waals surface area contributed by atoms with Gasteiger partial charge in [0.05, 0.1) is 0 Å². The highest BCUT2D eigenvalue weighted by Gasteiger charge is 2.52. The number of nitrogens with zero attached hydrogens (tertiary/aromatic N) is 1. The van der Waals surface area contributed by atoms with Crippen LogP contribution < -0.4 is 10.7 Å². The molecule has 0 radical (unpaired) electrons. The highest BCUT2D eigenvalue weighted by Crippen LogP contribution is 2.33.